The topological polar surface area (TPSA) is 92.5 Å². The number of hydrogen-bond donors (Lipinski definition) is 2. The Morgan fingerprint density at radius 2 is 1.59 bits per heavy atom. The number of hydrogen-bond acceptors (Lipinski definition) is 4. The number of fused-ring (bicyclic) bond motifs is 1. The van der Waals surface area contributed by atoms with Gasteiger partial charge >= 0.3 is 0 Å². The zero-order valence-electron chi connectivity index (χ0n) is 16.6. The van der Waals surface area contributed by atoms with Crippen LogP contribution in [-0.4, -0.2) is 34.7 Å². The molecule has 1 heterocycles. The van der Waals surface area contributed by atoms with E-state index in [-0.39, 0.29) is 36.7 Å². The van der Waals surface area contributed by atoms with Gasteiger partial charge in [-0.2, -0.15) is 0 Å². The minimum absolute atomic E-state index is 0. The Kier molecular flexibility index (Phi) is 7.16. The third-order valence-electron chi connectivity index (χ3n) is 5.42. The molecule has 6 nitrogen and oxygen atoms in total. The van der Waals surface area contributed by atoms with Crippen LogP contribution in [0.2, 0.25) is 0 Å². The Morgan fingerprint density at radius 3 is 2.14 bits per heavy atom. The lowest BCUT2D eigenvalue weighted by Gasteiger charge is -2.26. The van der Waals surface area contributed by atoms with Gasteiger partial charge in [0.1, 0.15) is 0 Å². The number of rotatable bonds is 7. The zero-order valence-corrected chi connectivity index (χ0v) is 17.4. The second kappa shape index (κ2) is 9.20. The highest BCUT2D eigenvalue weighted by atomic mass is 35.5. The van der Waals surface area contributed by atoms with Gasteiger partial charge in [0, 0.05) is 17.6 Å². The van der Waals surface area contributed by atoms with Crippen LogP contribution in [0.25, 0.3) is 0 Å². The van der Waals surface area contributed by atoms with Crippen LogP contribution in [0.1, 0.15) is 63.3 Å². The molecule has 0 atom stereocenters. The third kappa shape index (κ3) is 4.66. The fourth-order valence-electron chi connectivity index (χ4n) is 3.23. The van der Waals surface area contributed by atoms with E-state index in [4.69, 9.17) is 5.73 Å². The van der Waals surface area contributed by atoms with E-state index in [1.54, 1.807) is 48.5 Å². The predicted molar refractivity (Wildman–Crippen MR) is 114 cm³/mol. The highest BCUT2D eigenvalue weighted by Gasteiger charge is 2.35. The van der Waals surface area contributed by atoms with E-state index in [9.17, 15) is 14.4 Å². The minimum Gasteiger partial charge on any atom is -0.350 e. The highest BCUT2D eigenvalue weighted by Crippen LogP contribution is 2.24. The number of amides is 3. The maximum atomic E-state index is 12.5. The quantitative estimate of drug-likeness (QED) is 0.679. The molecule has 0 fully saturated rings. The van der Waals surface area contributed by atoms with Gasteiger partial charge < -0.3 is 11.1 Å². The molecule has 1 aliphatic rings. The first-order valence-corrected chi connectivity index (χ1v) is 9.50. The fraction of sp³-hybridized carbons (Fsp3) is 0.318. The molecule has 0 aliphatic carbocycles. The Labute approximate surface area is 176 Å². The molecular weight excluding hydrogens is 390 g/mol. The van der Waals surface area contributed by atoms with Crippen LogP contribution in [0.15, 0.2) is 48.5 Å². The Bertz CT molecular complexity index is 890. The number of nitrogens with one attached hydrogen (secondary N) is 1. The molecular formula is C22H26ClN3O3. The molecule has 3 rings (SSSR count). The zero-order chi connectivity index (χ0) is 20.3. The van der Waals surface area contributed by atoms with E-state index in [1.165, 1.54) is 4.90 Å². The molecule has 0 saturated heterocycles. The summed E-state index contributed by atoms with van der Waals surface area (Å²) in [6.45, 7) is 4.51. The van der Waals surface area contributed by atoms with Gasteiger partial charge in [-0.15, -0.1) is 12.4 Å². The third-order valence-corrected chi connectivity index (χ3v) is 5.42. The van der Waals surface area contributed by atoms with Gasteiger partial charge in [-0.25, -0.2) is 0 Å². The van der Waals surface area contributed by atoms with Crippen molar-refractivity contribution < 1.29 is 14.4 Å². The summed E-state index contributed by atoms with van der Waals surface area (Å²) in [4.78, 5) is 38.8. The summed E-state index contributed by atoms with van der Waals surface area (Å²) < 4.78 is 0. The van der Waals surface area contributed by atoms with E-state index in [0.29, 0.717) is 28.8 Å². The first-order chi connectivity index (χ1) is 13.4. The molecule has 0 bridgehead atoms. The summed E-state index contributed by atoms with van der Waals surface area (Å²) in [5, 5.41) is 2.88. The number of nitrogens with two attached hydrogens (primary N) is 1. The van der Waals surface area contributed by atoms with Crippen LogP contribution in [-0.2, 0) is 6.54 Å². The highest BCUT2D eigenvalue weighted by molar-refractivity contribution is 6.21. The summed E-state index contributed by atoms with van der Waals surface area (Å²) in [7, 11) is 0. The molecule has 1 aliphatic heterocycles. The maximum Gasteiger partial charge on any atom is 0.261 e. The van der Waals surface area contributed by atoms with Gasteiger partial charge in [0.2, 0.25) is 0 Å². The largest absolute Gasteiger partial charge is 0.350 e. The van der Waals surface area contributed by atoms with E-state index in [1.807, 2.05) is 13.8 Å². The average molecular weight is 416 g/mol. The van der Waals surface area contributed by atoms with Gasteiger partial charge in [0.05, 0.1) is 17.7 Å². The van der Waals surface area contributed by atoms with Gasteiger partial charge in [-0.3, -0.25) is 19.3 Å². The SMILES string of the molecule is CCC(N)(CC)CNC(=O)c1cccc(CN2C(=O)c3ccccc3C2=O)c1.Cl. The normalized spacial score (nSPS) is 13.1. The average Bonchev–Trinajstić information content (AvgIpc) is 2.97. The van der Waals surface area contributed by atoms with Gasteiger partial charge in [-0.1, -0.05) is 38.1 Å². The van der Waals surface area contributed by atoms with E-state index in [2.05, 4.69) is 5.32 Å². The van der Waals surface area contributed by atoms with Crippen molar-refractivity contribution in [1.82, 2.24) is 10.2 Å². The van der Waals surface area contributed by atoms with Crippen molar-refractivity contribution in [2.45, 2.75) is 38.8 Å². The maximum absolute atomic E-state index is 12.5. The molecule has 2 aromatic rings. The van der Waals surface area contributed by atoms with E-state index in [0.717, 1.165) is 12.8 Å². The molecule has 3 amide bonds. The van der Waals surface area contributed by atoms with Crippen LogP contribution in [0, 0.1) is 0 Å². The van der Waals surface area contributed by atoms with Crippen molar-refractivity contribution in [3.8, 4) is 0 Å². The molecule has 154 valence electrons. The second-order valence-corrected chi connectivity index (χ2v) is 7.19. The number of carbonyl (C=O) groups excluding carboxylic acids is 3. The molecule has 0 radical (unpaired) electrons. The smallest absolute Gasteiger partial charge is 0.261 e. The van der Waals surface area contributed by atoms with E-state index < -0.39 is 5.54 Å². The number of imide groups is 1. The number of nitrogens with zero attached hydrogens (tertiary/aromatic N) is 1. The van der Waals surface area contributed by atoms with Crippen LogP contribution in [0.3, 0.4) is 0 Å². The predicted octanol–water partition coefficient (Wildman–Crippen LogP) is 3.15. The fourth-order valence-corrected chi connectivity index (χ4v) is 3.23. The lowest BCUT2D eigenvalue weighted by atomic mass is 9.94. The van der Waals surface area contributed by atoms with Gasteiger partial charge in [0.25, 0.3) is 17.7 Å². The van der Waals surface area contributed by atoms with Crippen molar-refractivity contribution in [2.75, 3.05) is 6.54 Å². The lowest BCUT2D eigenvalue weighted by Crippen LogP contribution is -2.49. The summed E-state index contributed by atoms with van der Waals surface area (Å²) >= 11 is 0. The molecule has 0 saturated carbocycles. The Morgan fingerprint density at radius 1 is 1.00 bits per heavy atom. The van der Waals surface area contributed by atoms with Crippen LogP contribution >= 0.6 is 12.4 Å². The summed E-state index contributed by atoms with van der Waals surface area (Å²) in [5.41, 5.74) is 7.84. The van der Waals surface area contributed by atoms with Crippen LogP contribution < -0.4 is 11.1 Å². The van der Waals surface area contributed by atoms with Crippen molar-refractivity contribution in [1.29, 1.82) is 0 Å². The van der Waals surface area contributed by atoms with Crippen LogP contribution in [0.5, 0.6) is 0 Å². The summed E-state index contributed by atoms with van der Waals surface area (Å²) in [5.74, 6) is -0.843. The van der Waals surface area contributed by atoms with Crippen molar-refractivity contribution >= 4 is 30.1 Å². The molecule has 0 unspecified atom stereocenters. The van der Waals surface area contributed by atoms with Crippen LogP contribution in [0.4, 0.5) is 0 Å². The first kappa shape index (κ1) is 22.6. The number of carbonyl (C=O) groups is 3. The Balaban J connectivity index is 0.00000300. The molecule has 7 heteroatoms. The van der Waals surface area contributed by atoms with Gasteiger partial charge in [-0.05, 0) is 42.7 Å². The standard InChI is InChI=1S/C22H25N3O3.ClH/c1-3-22(23,4-2)14-24-19(26)16-9-7-8-15(12-16)13-25-20(27)17-10-5-6-11-18(17)21(25)28;/h5-12H,3-4,13-14,23H2,1-2H3,(H,24,26);1H. The van der Waals surface area contributed by atoms with Crippen molar-refractivity contribution in [2.24, 2.45) is 5.73 Å². The van der Waals surface area contributed by atoms with E-state index >= 15 is 0 Å². The lowest BCUT2D eigenvalue weighted by molar-refractivity contribution is 0.0642. The Hall–Kier alpha value is -2.70. The number of halogens is 1. The molecule has 0 aromatic heterocycles. The molecule has 29 heavy (non-hydrogen) atoms. The summed E-state index contributed by atoms with van der Waals surface area (Å²) in [6.07, 6.45) is 1.53. The first-order valence-electron chi connectivity index (χ1n) is 9.50. The van der Waals surface area contributed by atoms with Gasteiger partial charge in [0.15, 0.2) is 0 Å². The molecule has 0 spiro atoms. The minimum atomic E-state index is -0.423. The monoisotopic (exact) mass is 415 g/mol. The van der Waals surface area contributed by atoms with Crippen molar-refractivity contribution in [3.63, 3.8) is 0 Å². The number of benzene rings is 2. The summed E-state index contributed by atoms with van der Waals surface area (Å²) in [6, 6.07) is 13.7. The molecule has 2 aromatic carbocycles. The second-order valence-electron chi connectivity index (χ2n) is 7.19. The molecule has 3 N–H and O–H groups in total. The van der Waals surface area contributed by atoms with Crippen molar-refractivity contribution in [3.05, 3.63) is 70.8 Å².